The number of rotatable bonds is 9. The smallest absolute Gasteiger partial charge is 0.305 e. The minimum Gasteiger partial charge on any atom is -0.481 e. The maximum absolute atomic E-state index is 12.7. The number of aliphatic carboxylic acids is 1. The van der Waals surface area contributed by atoms with E-state index in [1.807, 2.05) is 13.8 Å². The van der Waals surface area contributed by atoms with E-state index in [4.69, 9.17) is 5.11 Å². The van der Waals surface area contributed by atoms with E-state index in [2.05, 4.69) is 9.82 Å². The van der Waals surface area contributed by atoms with E-state index in [1.54, 1.807) is 20.9 Å². The van der Waals surface area contributed by atoms with Gasteiger partial charge in [0.25, 0.3) is 0 Å². The summed E-state index contributed by atoms with van der Waals surface area (Å²) in [5.41, 5.74) is 0.821. The molecule has 0 bridgehead atoms. The number of carboxylic acids is 1. The number of hydrogen-bond donors (Lipinski definition) is 2. The molecule has 0 saturated heterocycles. The van der Waals surface area contributed by atoms with Crippen LogP contribution in [0.3, 0.4) is 0 Å². The van der Waals surface area contributed by atoms with Crippen molar-refractivity contribution in [1.29, 1.82) is 0 Å². The summed E-state index contributed by atoms with van der Waals surface area (Å²) < 4.78 is 29.2. The van der Waals surface area contributed by atoms with Gasteiger partial charge in [0.15, 0.2) is 0 Å². The van der Waals surface area contributed by atoms with E-state index in [9.17, 15) is 18.0 Å². The van der Waals surface area contributed by atoms with E-state index in [-0.39, 0.29) is 23.8 Å². The third-order valence-corrected chi connectivity index (χ3v) is 5.70. The largest absolute Gasteiger partial charge is 0.481 e. The predicted molar refractivity (Wildman–Crippen MR) is 96.1 cm³/mol. The lowest BCUT2D eigenvalue weighted by atomic mass is 10.2. The van der Waals surface area contributed by atoms with Crippen LogP contribution >= 0.6 is 0 Å². The van der Waals surface area contributed by atoms with Crippen LogP contribution in [0.15, 0.2) is 4.90 Å². The molecule has 1 amide bonds. The van der Waals surface area contributed by atoms with Gasteiger partial charge < -0.3 is 10.0 Å². The number of nitrogens with zero attached hydrogens (tertiary/aromatic N) is 3. The van der Waals surface area contributed by atoms with Gasteiger partial charge in [-0.2, -0.15) is 9.82 Å². The Morgan fingerprint density at radius 2 is 1.85 bits per heavy atom. The van der Waals surface area contributed by atoms with Crippen LogP contribution in [0.4, 0.5) is 0 Å². The maximum Gasteiger partial charge on any atom is 0.305 e. The molecule has 1 unspecified atom stereocenters. The Kier molecular flexibility index (Phi) is 7.34. The zero-order valence-electron chi connectivity index (χ0n) is 16.1. The lowest BCUT2D eigenvalue weighted by Gasteiger charge is -2.27. The Morgan fingerprint density at radius 3 is 2.27 bits per heavy atom. The highest BCUT2D eigenvalue weighted by Crippen LogP contribution is 2.19. The van der Waals surface area contributed by atoms with Gasteiger partial charge in [0, 0.05) is 20.1 Å². The number of carbonyl (C=O) groups is 2. The molecule has 0 aromatic carbocycles. The summed E-state index contributed by atoms with van der Waals surface area (Å²) in [6.45, 7) is 8.86. The Balaban J connectivity index is 2.99. The molecule has 1 heterocycles. The highest BCUT2D eigenvalue weighted by Gasteiger charge is 2.30. The molecule has 0 spiro atoms. The summed E-state index contributed by atoms with van der Waals surface area (Å²) in [6.07, 6.45) is -0.196. The van der Waals surface area contributed by atoms with Crippen LogP contribution < -0.4 is 4.72 Å². The Morgan fingerprint density at radius 1 is 1.27 bits per heavy atom. The van der Waals surface area contributed by atoms with Gasteiger partial charge in [0.2, 0.25) is 15.9 Å². The molecule has 0 radical (unpaired) electrons. The van der Waals surface area contributed by atoms with Crippen LogP contribution in [-0.2, 0) is 26.7 Å². The molecule has 0 fully saturated rings. The van der Waals surface area contributed by atoms with Crippen LogP contribution in [-0.4, -0.2) is 59.2 Å². The molecule has 1 aromatic rings. The average Bonchev–Trinajstić information content (AvgIpc) is 2.75. The molecule has 9 nitrogen and oxygen atoms in total. The molecule has 148 valence electrons. The van der Waals surface area contributed by atoms with Gasteiger partial charge in [0.1, 0.15) is 4.90 Å². The number of nitrogens with one attached hydrogen (secondary N) is 1. The number of amides is 1. The van der Waals surface area contributed by atoms with Crippen molar-refractivity contribution >= 4 is 21.9 Å². The number of sulfonamides is 1. The molecular formula is C16H28N4O5S. The van der Waals surface area contributed by atoms with Crippen molar-refractivity contribution in [3.05, 3.63) is 11.4 Å². The minimum absolute atomic E-state index is 0.0311. The second-order valence-corrected chi connectivity index (χ2v) is 8.44. The van der Waals surface area contributed by atoms with Gasteiger partial charge in [-0.25, -0.2) is 8.42 Å². The van der Waals surface area contributed by atoms with Crippen LogP contribution in [0, 0.1) is 19.8 Å². The summed E-state index contributed by atoms with van der Waals surface area (Å²) in [5.74, 6) is -1.34. The third kappa shape index (κ3) is 5.53. The van der Waals surface area contributed by atoms with Crippen molar-refractivity contribution in [1.82, 2.24) is 19.4 Å². The summed E-state index contributed by atoms with van der Waals surface area (Å²) in [5, 5.41) is 12.9. The highest BCUT2D eigenvalue weighted by molar-refractivity contribution is 7.89. The molecule has 2 N–H and O–H groups in total. The third-order valence-electron chi connectivity index (χ3n) is 3.91. The zero-order valence-corrected chi connectivity index (χ0v) is 16.9. The monoisotopic (exact) mass is 388 g/mol. The topological polar surface area (TPSA) is 122 Å². The second-order valence-electron chi connectivity index (χ2n) is 6.79. The molecule has 0 saturated carbocycles. The van der Waals surface area contributed by atoms with Gasteiger partial charge in [-0.15, -0.1) is 0 Å². The SMILES string of the molecule is Cc1nn(C)c(C)c1S(=O)(=O)NC(C)C(=O)N(CCC(=O)O)CC(C)C. The zero-order chi connectivity index (χ0) is 20.2. The first-order valence-electron chi connectivity index (χ1n) is 8.40. The molecular weight excluding hydrogens is 360 g/mol. The lowest BCUT2D eigenvalue weighted by molar-refractivity contribution is -0.139. The van der Waals surface area contributed by atoms with Crippen LogP contribution in [0.2, 0.25) is 0 Å². The van der Waals surface area contributed by atoms with Crippen LogP contribution in [0.1, 0.15) is 38.6 Å². The number of carbonyl (C=O) groups excluding carboxylic acids is 1. The first kappa shape index (κ1) is 22.1. The van der Waals surface area contributed by atoms with Crippen molar-refractivity contribution in [2.24, 2.45) is 13.0 Å². The Hall–Kier alpha value is -1.94. The fourth-order valence-corrected chi connectivity index (χ4v) is 4.36. The Bertz CT molecular complexity index is 770. The molecule has 1 atom stereocenters. The summed E-state index contributed by atoms with van der Waals surface area (Å²) >= 11 is 0. The van der Waals surface area contributed by atoms with Gasteiger partial charge in [-0.05, 0) is 26.7 Å². The summed E-state index contributed by atoms with van der Waals surface area (Å²) in [6, 6.07) is -1.02. The van der Waals surface area contributed by atoms with Gasteiger partial charge >= 0.3 is 5.97 Å². The van der Waals surface area contributed by atoms with E-state index in [1.165, 1.54) is 16.5 Å². The maximum atomic E-state index is 12.7. The average molecular weight is 388 g/mol. The van der Waals surface area contributed by atoms with Crippen molar-refractivity contribution in [3.8, 4) is 0 Å². The molecule has 26 heavy (non-hydrogen) atoms. The van der Waals surface area contributed by atoms with Gasteiger partial charge in [-0.3, -0.25) is 14.3 Å². The highest BCUT2D eigenvalue weighted by atomic mass is 32.2. The standard InChI is InChI=1S/C16H28N4O5S/c1-10(2)9-20(8-7-14(21)22)16(23)12(4)18-26(24,25)15-11(3)17-19(6)13(15)5/h10,12,18H,7-9H2,1-6H3,(H,21,22). The van der Waals surface area contributed by atoms with Crippen molar-refractivity contribution < 1.29 is 23.1 Å². The summed E-state index contributed by atoms with van der Waals surface area (Å²) in [7, 11) is -2.29. The second kappa shape index (κ2) is 8.63. The van der Waals surface area contributed by atoms with Crippen molar-refractivity contribution in [2.45, 2.75) is 52.0 Å². The minimum atomic E-state index is -3.94. The van der Waals surface area contributed by atoms with E-state index in [0.717, 1.165) is 0 Å². The fraction of sp³-hybridized carbons (Fsp3) is 0.688. The van der Waals surface area contributed by atoms with Crippen molar-refractivity contribution in [3.63, 3.8) is 0 Å². The summed E-state index contributed by atoms with van der Waals surface area (Å²) in [4.78, 5) is 24.9. The molecule has 1 aromatic heterocycles. The van der Waals surface area contributed by atoms with Gasteiger partial charge in [-0.1, -0.05) is 13.8 Å². The van der Waals surface area contributed by atoms with E-state index < -0.39 is 27.9 Å². The van der Waals surface area contributed by atoms with Crippen LogP contribution in [0.25, 0.3) is 0 Å². The van der Waals surface area contributed by atoms with E-state index >= 15 is 0 Å². The first-order valence-corrected chi connectivity index (χ1v) is 9.88. The molecule has 0 aliphatic heterocycles. The number of carboxylic acid groups (broad SMARTS) is 1. The molecule has 0 aliphatic rings. The number of hydrogen-bond acceptors (Lipinski definition) is 5. The molecule has 1 rings (SSSR count). The Labute approximate surface area is 154 Å². The molecule has 10 heteroatoms. The predicted octanol–water partition coefficient (Wildman–Crippen LogP) is 0.663. The number of aromatic nitrogens is 2. The fourth-order valence-electron chi connectivity index (χ4n) is 2.72. The van der Waals surface area contributed by atoms with Crippen molar-refractivity contribution in [2.75, 3.05) is 13.1 Å². The first-order chi connectivity index (χ1) is 11.9. The van der Waals surface area contributed by atoms with Gasteiger partial charge in [0.05, 0.1) is 23.9 Å². The van der Waals surface area contributed by atoms with Crippen LogP contribution in [0.5, 0.6) is 0 Å². The quantitative estimate of drug-likeness (QED) is 0.641. The number of aryl methyl sites for hydroxylation is 2. The molecule has 0 aliphatic carbocycles. The normalized spacial score (nSPS) is 13.0. The lowest BCUT2D eigenvalue weighted by Crippen LogP contribution is -2.48. The van der Waals surface area contributed by atoms with E-state index in [0.29, 0.717) is 17.9 Å².